The highest BCUT2D eigenvalue weighted by Gasteiger charge is 2.34. The van der Waals surface area contributed by atoms with E-state index in [-0.39, 0.29) is 5.69 Å². The monoisotopic (exact) mass is 256 g/mol. The molecular weight excluding hydrogens is 249 g/mol. The van der Waals surface area contributed by atoms with E-state index in [2.05, 4.69) is 20.5 Å². The van der Waals surface area contributed by atoms with Crippen molar-refractivity contribution in [3.05, 3.63) is 41.9 Å². The number of carbonyl (C=O) groups excluding carboxylic acids is 1. The van der Waals surface area contributed by atoms with Gasteiger partial charge in [0.25, 0.3) is 5.91 Å². The fourth-order valence-electron chi connectivity index (χ4n) is 1.29. The van der Waals surface area contributed by atoms with Gasteiger partial charge in [-0.15, -0.1) is 0 Å². The van der Waals surface area contributed by atoms with Crippen LogP contribution in [0.4, 0.5) is 19.0 Å². The third-order valence-corrected chi connectivity index (χ3v) is 2.09. The van der Waals surface area contributed by atoms with Gasteiger partial charge in [-0.2, -0.15) is 18.3 Å². The van der Waals surface area contributed by atoms with Gasteiger partial charge in [-0.25, -0.2) is 4.98 Å². The molecule has 0 saturated heterocycles. The smallest absolute Gasteiger partial charge is 0.305 e. The molecule has 0 saturated carbocycles. The van der Waals surface area contributed by atoms with Crippen molar-refractivity contribution in [2.45, 2.75) is 6.18 Å². The number of carbonyl (C=O) groups is 1. The number of pyridine rings is 1. The van der Waals surface area contributed by atoms with Crippen LogP contribution in [0.25, 0.3) is 0 Å². The van der Waals surface area contributed by atoms with E-state index in [0.29, 0.717) is 0 Å². The zero-order valence-corrected chi connectivity index (χ0v) is 8.82. The van der Waals surface area contributed by atoms with Gasteiger partial charge in [-0.05, 0) is 18.2 Å². The van der Waals surface area contributed by atoms with E-state index in [1.165, 1.54) is 12.3 Å². The maximum atomic E-state index is 12.6. The summed E-state index contributed by atoms with van der Waals surface area (Å²) in [7, 11) is 0. The molecule has 2 aromatic rings. The number of nitrogens with zero attached hydrogens (tertiary/aromatic N) is 2. The quantitative estimate of drug-likeness (QED) is 0.864. The van der Waals surface area contributed by atoms with Crippen LogP contribution in [-0.4, -0.2) is 21.1 Å². The molecular formula is C10H7F3N4O. The number of nitrogens with one attached hydrogen (secondary N) is 2. The van der Waals surface area contributed by atoms with Crippen LogP contribution in [0.5, 0.6) is 0 Å². The number of H-pyrrole nitrogens is 1. The molecule has 2 rings (SSSR count). The third kappa shape index (κ3) is 2.47. The second-order valence-corrected chi connectivity index (χ2v) is 3.32. The molecule has 2 aromatic heterocycles. The van der Waals surface area contributed by atoms with E-state index < -0.39 is 23.5 Å². The molecule has 94 valence electrons. The van der Waals surface area contributed by atoms with E-state index >= 15 is 0 Å². The van der Waals surface area contributed by atoms with Crippen LogP contribution in [0.2, 0.25) is 0 Å². The minimum atomic E-state index is -4.58. The molecule has 5 nitrogen and oxygen atoms in total. The molecule has 18 heavy (non-hydrogen) atoms. The SMILES string of the molecule is O=C(Nc1ncccc1C(F)(F)F)c1ccn[nH]1. The summed E-state index contributed by atoms with van der Waals surface area (Å²) in [5.41, 5.74) is -0.952. The lowest BCUT2D eigenvalue weighted by molar-refractivity contribution is -0.137. The molecule has 0 aromatic carbocycles. The van der Waals surface area contributed by atoms with Gasteiger partial charge in [0.1, 0.15) is 11.5 Å². The largest absolute Gasteiger partial charge is 0.419 e. The van der Waals surface area contributed by atoms with Crippen LogP contribution in [0.1, 0.15) is 16.1 Å². The van der Waals surface area contributed by atoms with Crippen LogP contribution in [-0.2, 0) is 6.18 Å². The molecule has 0 aliphatic heterocycles. The minimum Gasteiger partial charge on any atom is -0.305 e. The van der Waals surface area contributed by atoms with E-state index in [1.807, 2.05) is 0 Å². The Bertz CT molecular complexity index is 551. The number of hydrogen-bond donors (Lipinski definition) is 2. The van der Waals surface area contributed by atoms with Crippen LogP contribution in [0.15, 0.2) is 30.6 Å². The molecule has 0 spiro atoms. The lowest BCUT2D eigenvalue weighted by atomic mass is 10.2. The minimum absolute atomic E-state index is 0.0498. The number of amides is 1. The topological polar surface area (TPSA) is 70.7 Å². The van der Waals surface area contributed by atoms with Gasteiger partial charge < -0.3 is 5.32 Å². The summed E-state index contributed by atoms with van der Waals surface area (Å²) >= 11 is 0. The molecule has 0 unspecified atom stereocenters. The highest BCUT2D eigenvalue weighted by molar-refractivity contribution is 6.02. The summed E-state index contributed by atoms with van der Waals surface area (Å²) in [4.78, 5) is 15.1. The first-order valence-electron chi connectivity index (χ1n) is 4.81. The Morgan fingerprint density at radius 2 is 2.06 bits per heavy atom. The first-order valence-corrected chi connectivity index (χ1v) is 4.81. The van der Waals surface area contributed by atoms with Gasteiger partial charge in [0, 0.05) is 12.4 Å². The van der Waals surface area contributed by atoms with E-state index in [0.717, 1.165) is 18.3 Å². The standard InChI is InChI=1S/C10H7F3N4O/c11-10(12,13)6-2-1-4-14-8(6)16-9(18)7-3-5-15-17-7/h1-5H,(H,15,17)(H,14,16,18). The molecule has 2 N–H and O–H groups in total. The molecule has 0 aliphatic carbocycles. The van der Waals surface area contributed by atoms with Crippen LogP contribution >= 0.6 is 0 Å². The number of hydrogen-bond acceptors (Lipinski definition) is 3. The fourth-order valence-corrected chi connectivity index (χ4v) is 1.29. The van der Waals surface area contributed by atoms with Crippen LogP contribution < -0.4 is 5.32 Å². The summed E-state index contributed by atoms with van der Waals surface area (Å²) in [5, 5.41) is 7.95. The van der Waals surface area contributed by atoms with Crippen molar-refractivity contribution in [1.29, 1.82) is 0 Å². The Balaban J connectivity index is 2.27. The Kier molecular flexibility index (Phi) is 3.00. The van der Waals surface area contributed by atoms with Crippen molar-refractivity contribution >= 4 is 11.7 Å². The average Bonchev–Trinajstić information content (AvgIpc) is 2.81. The molecule has 0 atom stereocenters. The number of halogens is 3. The first kappa shape index (κ1) is 12.1. The number of anilines is 1. The Hall–Kier alpha value is -2.38. The van der Waals surface area contributed by atoms with Gasteiger partial charge >= 0.3 is 6.18 Å². The average molecular weight is 256 g/mol. The number of rotatable bonds is 2. The summed E-state index contributed by atoms with van der Waals surface area (Å²) in [6.45, 7) is 0. The maximum Gasteiger partial charge on any atom is 0.419 e. The van der Waals surface area contributed by atoms with Gasteiger partial charge in [0.2, 0.25) is 0 Å². The second kappa shape index (κ2) is 4.47. The summed E-state index contributed by atoms with van der Waals surface area (Å²) in [6, 6.07) is 3.33. The van der Waals surface area contributed by atoms with Gasteiger partial charge in [0.15, 0.2) is 0 Å². The summed E-state index contributed by atoms with van der Waals surface area (Å²) in [6.07, 6.45) is -2.10. The zero-order chi connectivity index (χ0) is 13.2. The molecule has 8 heteroatoms. The molecule has 0 aliphatic rings. The number of alkyl halides is 3. The first-order chi connectivity index (χ1) is 8.48. The number of aromatic amines is 1. The predicted molar refractivity (Wildman–Crippen MR) is 55.8 cm³/mol. The van der Waals surface area contributed by atoms with Crippen molar-refractivity contribution in [2.75, 3.05) is 5.32 Å². The van der Waals surface area contributed by atoms with E-state index in [1.54, 1.807) is 0 Å². The van der Waals surface area contributed by atoms with Crippen LogP contribution in [0.3, 0.4) is 0 Å². The van der Waals surface area contributed by atoms with Gasteiger partial charge in [-0.1, -0.05) is 0 Å². The number of aromatic nitrogens is 3. The van der Waals surface area contributed by atoms with Crippen LogP contribution in [0, 0.1) is 0 Å². The van der Waals surface area contributed by atoms with Gasteiger partial charge in [0.05, 0.1) is 5.56 Å². The third-order valence-electron chi connectivity index (χ3n) is 2.09. The Morgan fingerprint density at radius 3 is 2.67 bits per heavy atom. The predicted octanol–water partition coefficient (Wildman–Crippen LogP) is 2.08. The second-order valence-electron chi connectivity index (χ2n) is 3.32. The van der Waals surface area contributed by atoms with Crippen molar-refractivity contribution in [3.63, 3.8) is 0 Å². The molecule has 0 bridgehead atoms. The van der Waals surface area contributed by atoms with Crippen molar-refractivity contribution < 1.29 is 18.0 Å². The highest BCUT2D eigenvalue weighted by Crippen LogP contribution is 2.33. The fraction of sp³-hybridized carbons (Fsp3) is 0.100. The lowest BCUT2D eigenvalue weighted by Crippen LogP contribution is -2.18. The lowest BCUT2D eigenvalue weighted by Gasteiger charge is -2.11. The van der Waals surface area contributed by atoms with E-state index in [9.17, 15) is 18.0 Å². The van der Waals surface area contributed by atoms with Crippen molar-refractivity contribution in [2.24, 2.45) is 0 Å². The highest BCUT2D eigenvalue weighted by atomic mass is 19.4. The maximum absolute atomic E-state index is 12.6. The molecule has 0 fully saturated rings. The summed E-state index contributed by atoms with van der Waals surface area (Å²) in [5.74, 6) is -1.28. The van der Waals surface area contributed by atoms with Crippen molar-refractivity contribution in [1.82, 2.24) is 15.2 Å². The Morgan fingerprint density at radius 1 is 1.28 bits per heavy atom. The van der Waals surface area contributed by atoms with Gasteiger partial charge in [-0.3, -0.25) is 9.89 Å². The normalized spacial score (nSPS) is 11.3. The molecule has 1 amide bonds. The molecule has 0 radical (unpaired) electrons. The van der Waals surface area contributed by atoms with Crippen molar-refractivity contribution in [3.8, 4) is 0 Å². The molecule has 2 heterocycles. The van der Waals surface area contributed by atoms with E-state index in [4.69, 9.17) is 0 Å². The zero-order valence-electron chi connectivity index (χ0n) is 8.82. The Labute approximate surface area is 99.0 Å². The summed E-state index contributed by atoms with van der Waals surface area (Å²) < 4.78 is 37.9.